The van der Waals surface area contributed by atoms with Gasteiger partial charge in [-0.1, -0.05) is 155 Å². The Morgan fingerprint density at radius 3 is 0.846 bits per heavy atom. The molecule has 9 nitrogen and oxygen atoms in total. The van der Waals surface area contributed by atoms with Crippen molar-refractivity contribution in [2.75, 3.05) is 48.5 Å². The molecular weight excluding hydrogens is 1490 g/mol. The molecule has 3 saturated heterocycles. The third kappa shape index (κ3) is 17.9. The molecule has 0 amide bonds. The molecule has 0 bridgehead atoms. The average molecular weight is 1570 g/mol. The number of unbranched alkanes of at least 4 members (excludes halogenated alkanes) is 6. The monoisotopic (exact) mass is 1570 g/mol. The molecule has 0 aromatic heterocycles. The quantitative estimate of drug-likeness (QED) is 0.0474. The van der Waals surface area contributed by atoms with E-state index >= 15 is 0 Å². The Labute approximate surface area is 516 Å². The van der Waals surface area contributed by atoms with E-state index in [1.807, 2.05) is 36.4 Å². The first-order valence-electron chi connectivity index (χ1n) is 28.2. The molecule has 78 heavy (non-hydrogen) atoms. The van der Waals surface area contributed by atoms with Crippen molar-refractivity contribution in [3.8, 4) is 0 Å². The summed E-state index contributed by atoms with van der Waals surface area (Å²) < 4.78 is 7.75. The molecule has 0 spiro atoms. The van der Waals surface area contributed by atoms with Gasteiger partial charge in [0.1, 0.15) is 0 Å². The van der Waals surface area contributed by atoms with Gasteiger partial charge in [-0.15, -0.1) is 17.1 Å². The molecule has 0 unspecified atom stereocenters. The van der Waals surface area contributed by atoms with Gasteiger partial charge in [0.05, 0.1) is 0 Å². The van der Waals surface area contributed by atoms with E-state index in [2.05, 4.69) is 270 Å². The predicted molar refractivity (Wildman–Crippen MR) is 331 cm³/mol. The summed E-state index contributed by atoms with van der Waals surface area (Å²) in [4.78, 5) is 14.1. The summed E-state index contributed by atoms with van der Waals surface area (Å²) in [6.45, 7) is 32.5. The van der Waals surface area contributed by atoms with Crippen molar-refractivity contribution in [1.82, 2.24) is 14.2 Å². The minimum Gasteiger partial charge on any atom is -0.557 e. The molecule has 0 N–H and O–H groups in total. The first-order valence-corrected chi connectivity index (χ1v) is 28.2. The maximum atomic E-state index is 3.39. The average Bonchev–Trinajstić information content (AvgIpc) is 3.51. The Balaban J connectivity index is 0.000000248. The van der Waals surface area contributed by atoms with Crippen LogP contribution in [-0.2, 0) is 60.3 Å². The summed E-state index contributed by atoms with van der Waals surface area (Å²) in [6, 6.07) is 66.8. The van der Waals surface area contributed by atoms with E-state index < -0.39 is 0 Å². The molecule has 0 saturated carbocycles. The Hall–Kier alpha value is -3.66. The Kier molecular flexibility index (Phi) is 30.2. The summed E-state index contributed by atoms with van der Waals surface area (Å²) in [5.41, 5.74) is 7.02. The Morgan fingerprint density at radius 1 is 0.308 bits per heavy atom. The van der Waals surface area contributed by atoms with Crippen LogP contribution in [-0.4, -0.2) is 75.7 Å². The number of rotatable bonds is 18. The number of anilines is 6. The summed E-state index contributed by atoms with van der Waals surface area (Å²) >= 11 is 0. The van der Waals surface area contributed by atoms with Gasteiger partial charge in [-0.05, 0) is 92.4 Å². The van der Waals surface area contributed by atoms with Gasteiger partial charge < -0.3 is 43.0 Å². The van der Waals surface area contributed by atoms with Gasteiger partial charge in [0.15, 0.2) is 0 Å². The molecule has 3 aliphatic rings. The van der Waals surface area contributed by atoms with Gasteiger partial charge >= 0.3 is 0 Å². The zero-order valence-corrected chi connectivity index (χ0v) is 55.0. The zero-order valence-electron chi connectivity index (χ0n) is 47.8. The number of nitrogens with zero attached hydrogens (tertiary/aromatic N) is 9. The van der Waals surface area contributed by atoms with E-state index in [9.17, 15) is 0 Å². The van der Waals surface area contributed by atoms with E-state index in [1.54, 1.807) is 0 Å². The molecule has 0 aliphatic carbocycles. The van der Waals surface area contributed by atoms with Crippen LogP contribution in [0.15, 0.2) is 164 Å². The minimum absolute atomic E-state index is 0. The molecule has 18 heteroatoms. The van der Waals surface area contributed by atoms with Crippen molar-refractivity contribution in [2.24, 2.45) is 0 Å². The van der Waals surface area contributed by atoms with Crippen LogP contribution in [0.25, 0.3) is 0 Å². The number of para-hydroxylation sites is 6. The third-order valence-corrected chi connectivity index (χ3v) is 15.2. The summed E-state index contributed by atoms with van der Waals surface area (Å²) in [7, 11) is 0. The van der Waals surface area contributed by atoms with Crippen molar-refractivity contribution in [2.45, 2.75) is 119 Å². The van der Waals surface area contributed by atoms with E-state index in [-0.39, 0.29) is 60.3 Å². The molecule has 3 heterocycles. The smallest absolute Gasteiger partial charge is 0.300 e. The van der Waals surface area contributed by atoms with E-state index in [0.29, 0.717) is 41.9 Å². The second-order valence-electron chi connectivity index (χ2n) is 20.2. The van der Waals surface area contributed by atoms with Crippen molar-refractivity contribution < 1.29 is 60.3 Å². The predicted octanol–water partition coefficient (Wildman–Crippen LogP) is 14.0. The molecule has 6 aromatic carbocycles. The molecular formula is C60H81B6Ir3N9-6. The fourth-order valence-electron chi connectivity index (χ4n) is 10.7. The van der Waals surface area contributed by atoms with Crippen LogP contribution in [0.1, 0.15) is 78.6 Å². The zero-order chi connectivity index (χ0) is 52.9. The second kappa shape index (κ2) is 35.3. The van der Waals surface area contributed by atoms with Crippen molar-refractivity contribution in [3.63, 3.8) is 0 Å². The summed E-state index contributed by atoms with van der Waals surface area (Å²) in [5.74, 6) is 0. The number of benzene rings is 6. The van der Waals surface area contributed by atoms with Crippen molar-refractivity contribution >= 4 is 76.0 Å². The van der Waals surface area contributed by atoms with Crippen LogP contribution in [0, 0.1) is 38.2 Å². The van der Waals surface area contributed by atoms with Gasteiger partial charge in [0.2, 0.25) is 0 Å². The van der Waals surface area contributed by atoms with Gasteiger partial charge in [-0.25, -0.2) is 0 Å². The molecule has 3 radical (unpaired) electrons. The van der Waals surface area contributed by atoms with Gasteiger partial charge in [0.25, 0.3) is 41.9 Å². The van der Waals surface area contributed by atoms with Crippen molar-refractivity contribution in [3.05, 3.63) is 202 Å². The molecule has 0 atom stereocenters. The first-order chi connectivity index (χ1) is 36.7. The van der Waals surface area contributed by atoms with Gasteiger partial charge in [0, 0.05) is 60.3 Å². The minimum atomic E-state index is 0. The second-order valence-corrected chi connectivity index (χ2v) is 20.2. The van der Waals surface area contributed by atoms with E-state index in [0.717, 1.165) is 36.7 Å². The molecule has 3 fully saturated rings. The maximum Gasteiger partial charge on any atom is 0.300 e. The van der Waals surface area contributed by atoms with E-state index in [4.69, 9.17) is 0 Å². The molecule has 3 aliphatic heterocycles. The fraction of sp³-hybridized carbons (Fsp3) is 0.350. The molecule has 6 aromatic rings. The van der Waals surface area contributed by atoms with Crippen LogP contribution in [0.5, 0.6) is 0 Å². The SMILES string of the molecule is CCCCCCN1B(C)N(c2[c-]cccc2)[CH-]N(c2ccccc2)B1C.CCCCCN1B(C)N(c2[c-]cccc2)[CH-]N(c2ccccc2)B1C.CCCCN1B(C)N(c2[c-]cccc2)[CH-]N(c2ccccc2)B1C.[Ir].[Ir].[Ir]. The summed E-state index contributed by atoms with van der Waals surface area (Å²) in [5, 5.41) is 0. The Bertz CT molecular complexity index is 2320. The standard InChI is InChI=1S/C21H29B2N3.C20H27B2N3.C19H25B2N3.3Ir/c1-4-5-6-13-18-26-22(2)24(20-14-9-7-10-15-20)19-25(23(26)3)21-16-11-8-12-17-21;1-4-5-12-17-25-21(2)23(19-13-8-6-9-14-19)18-24(22(25)3)20-15-10-7-11-16-20;1-4-5-16-24-20(2)22(18-12-8-6-9-13-18)17-23(21(24)3)19-14-10-7-11-15-19;;;/h7-12,14-16,19H,4-6,13,18H2,1-3H3;6-11,13-15,18H,4-5,12,17H2,1-3H3;6-14,17H,4-5,16H2,1-3H3;;;/q3*-2;;;. The van der Waals surface area contributed by atoms with Gasteiger partial charge in [-0.2, -0.15) is 111 Å². The number of hydrogen-bond donors (Lipinski definition) is 0. The maximum absolute atomic E-state index is 3.39. The van der Waals surface area contributed by atoms with Crippen molar-refractivity contribution in [1.29, 1.82) is 0 Å². The Morgan fingerprint density at radius 2 is 0.564 bits per heavy atom. The van der Waals surface area contributed by atoms with Crippen LogP contribution in [0.2, 0.25) is 40.9 Å². The largest absolute Gasteiger partial charge is 0.557 e. The van der Waals surface area contributed by atoms with E-state index in [1.165, 1.54) is 74.8 Å². The van der Waals surface area contributed by atoms with Crippen LogP contribution >= 0.6 is 0 Å². The number of hydrogen-bond acceptors (Lipinski definition) is 9. The molecule has 9 rings (SSSR count). The fourth-order valence-corrected chi connectivity index (χ4v) is 10.7. The van der Waals surface area contributed by atoms with Crippen LogP contribution in [0.4, 0.5) is 34.1 Å². The normalized spacial score (nSPS) is 15.2. The van der Waals surface area contributed by atoms with Gasteiger partial charge in [-0.3, -0.25) is 0 Å². The topological polar surface area (TPSA) is 29.2 Å². The molecule has 417 valence electrons. The summed E-state index contributed by atoms with van der Waals surface area (Å²) in [6.07, 6.45) is 11.3. The first kappa shape index (κ1) is 66.8. The van der Waals surface area contributed by atoms with Crippen LogP contribution < -0.4 is 28.9 Å². The third-order valence-electron chi connectivity index (χ3n) is 15.2. The van der Waals surface area contributed by atoms with Crippen LogP contribution in [0.3, 0.4) is 0 Å².